The number of nitrogens with two attached hydrogens (primary N) is 1. The average Bonchev–Trinajstić information content (AvgIpc) is 2.83. The van der Waals surface area contributed by atoms with E-state index >= 15 is 0 Å². The molecule has 3 nitrogen and oxygen atoms in total. The van der Waals surface area contributed by atoms with E-state index in [1.807, 2.05) is 0 Å². The van der Waals surface area contributed by atoms with Crippen molar-refractivity contribution in [2.45, 2.75) is 71.4 Å². The first-order valence-corrected chi connectivity index (χ1v) is 7.16. The summed E-state index contributed by atoms with van der Waals surface area (Å²) in [5.74, 6) is 0. The van der Waals surface area contributed by atoms with Crippen LogP contribution in [-0.4, -0.2) is 15.3 Å². The first-order chi connectivity index (χ1) is 8.34. The molecule has 0 aromatic carbocycles. The van der Waals surface area contributed by atoms with Crippen LogP contribution >= 0.6 is 0 Å². The molecule has 2 unspecified atom stereocenters. The van der Waals surface area contributed by atoms with Crippen molar-refractivity contribution in [3.63, 3.8) is 0 Å². The predicted molar refractivity (Wildman–Crippen MR) is 75.5 cm³/mol. The first-order valence-electron chi connectivity index (χ1n) is 7.16. The number of aromatic nitrogens is 2. The van der Waals surface area contributed by atoms with Gasteiger partial charge >= 0.3 is 0 Å². The summed E-state index contributed by atoms with van der Waals surface area (Å²) < 4.78 is 2.07. The summed E-state index contributed by atoms with van der Waals surface area (Å²) in [5.41, 5.74) is 8.04. The molecule has 0 saturated heterocycles. The van der Waals surface area contributed by atoms with Crippen molar-refractivity contribution in [2.75, 3.05) is 0 Å². The average molecular weight is 249 g/mol. The summed E-state index contributed by atoms with van der Waals surface area (Å²) in [6.45, 7) is 9.03. The smallest absolute Gasteiger partial charge is 0.0643 e. The Morgan fingerprint density at radius 3 is 2.72 bits per heavy atom. The fraction of sp³-hybridized carbons (Fsp3) is 0.800. The Kier molecular flexibility index (Phi) is 3.54. The van der Waals surface area contributed by atoms with Gasteiger partial charge < -0.3 is 5.73 Å². The van der Waals surface area contributed by atoms with Gasteiger partial charge in [0.05, 0.1) is 5.69 Å². The van der Waals surface area contributed by atoms with Gasteiger partial charge in [0.15, 0.2) is 0 Å². The van der Waals surface area contributed by atoms with Crippen LogP contribution in [0.5, 0.6) is 0 Å². The van der Waals surface area contributed by atoms with Gasteiger partial charge in [-0.25, -0.2) is 0 Å². The summed E-state index contributed by atoms with van der Waals surface area (Å²) >= 11 is 0. The van der Waals surface area contributed by atoms with Crippen LogP contribution in [0.15, 0.2) is 12.3 Å². The highest BCUT2D eigenvalue weighted by Crippen LogP contribution is 2.43. The van der Waals surface area contributed by atoms with Crippen molar-refractivity contribution in [1.82, 2.24) is 9.78 Å². The van der Waals surface area contributed by atoms with Crippen LogP contribution in [-0.2, 0) is 6.42 Å². The normalized spacial score (nSPS) is 28.5. The number of rotatable bonds is 4. The van der Waals surface area contributed by atoms with Gasteiger partial charge in [-0.05, 0) is 44.1 Å². The molecule has 0 radical (unpaired) electrons. The van der Waals surface area contributed by atoms with Crippen LogP contribution in [0.4, 0.5) is 0 Å². The fourth-order valence-electron chi connectivity index (χ4n) is 3.13. The van der Waals surface area contributed by atoms with Crippen LogP contribution in [0.3, 0.4) is 0 Å². The molecule has 2 N–H and O–H groups in total. The molecule has 3 heteroatoms. The molecule has 0 spiro atoms. The summed E-state index contributed by atoms with van der Waals surface area (Å²) in [5, 5.41) is 4.67. The van der Waals surface area contributed by atoms with Gasteiger partial charge in [-0.1, -0.05) is 20.8 Å². The van der Waals surface area contributed by atoms with Crippen molar-refractivity contribution in [2.24, 2.45) is 11.1 Å². The highest BCUT2D eigenvalue weighted by molar-refractivity contribution is 5.09. The van der Waals surface area contributed by atoms with Gasteiger partial charge in [0.2, 0.25) is 0 Å². The molecule has 1 saturated carbocycles. The minimum absolute atomic E-state index is 0.0435. The van der Waals surface area contributed by atoms with Crippen molar-refractivity contribution in [3.05, 3.63) is 18.0 Å². The maximum Gasteiger partial charge on any atom is 0.0643 e. The van der Waals surface area contributed by atoms with Crippen molar-refractivity contribution in [1.29, 1.82) is 0 Å². The van der Waals surface area contributed by atoms with Crippen molar-refractivity contribution < 1.29 is 0 Å². The van der Waals surface area contributed by atoms with Crippen LogP contribution in [0.2, 0.25) is 0 Å². The molecule has 1 aliphatic carbocycles. The molecule has 1 fully saturated rings. The number of hydrogen-bond acceptors (Lipinski definition) is 2. The highest BCUT2D eigenvalue weighted by Gasteiger charge is 2.40. The van der Waals surface area contributed by atoms with E-state index in [0.717, 1.165) is 31.4 Å². The molecular weight excluding hydrogens is 222 g/mol. The molecular formula is C15H27N3. The van der Waals surface area contributed by atoms with Crippen LogP contribution in [0.25, 0.3) is 0 Å². The Morgan fingerprint density at radius 2 is 2.17 bits per heavy atom. The van der Waals surface area contributed by atoms with Gasteiger partial charge in [-0.3, -0.25) is 4.68 Å². The third-order valence-electron chi connectivity index (χ3n) is 4.37. The SMILES string of the molecule is CCC(C)n1ccc(CC2(N)CCC(C)(C)C2)n1. The fourth-order valence-corrected chi connectivity index (χ4v) is 3.13. The molecule has 1 aromatic rings. The zero-order valence-corrected chi connectivity index (χ0v) is 12.2. The summed E-state index contributed by atoms with van der Waals surface area (Å²) in [4.78, 5) is 0. The summed E-state index contributed by atoms with van der Waals surface area (Å²) in [7, 11) is 0. The van der Waals surface area contributed by atoms with E-state index in [0.29, 0.717) is 11.5 Å². The molecule has 102 valence electrons. The van der Waals surface area contributed by atoms with Gasteiger partial charge in [0, 0.05) is 24.2 Å². The maximum atomic E-state index is 6.54. The molecule has 18 heavy (non-hydrogen) atoms. The molecule has 1 aromatic heterocycles. The van der Waals surface area contributed by atoms with E-state index < -0.39 is 0 Å². The molecule has 2 atom stereocenters. The molecule has 0 aliphatic heterocycles. The van der Waals surface area contributed by atoms with Crippen molar-refractivity contribution in [3.8, 4) is 0 Å². The third kappa shape index (κ3) is 2.94. The van der Waals surface area contributed by atoms with Crippen molar-refractivity contribution >= 4 is 0 Å². The summed E-state index contributed by atoms with van der Waals surface area (Å²) in [6.07, 6.45) is 7.58. The third-order valence-corrected chi connectivity index (χ3v) is 4.37. The zero-order chi connectivity index (χ0) is 13.4. The molecule has 1 aliphatic rings. The Balaban J connectivity index is 2.04. The van der Waals surface area contributed by atoms with E-state index in [9.17, 15) is 0 Å². The van der Waals surface area contributed by atoms with Gasteiger partial charge in [0.1, 0.15) is 0 Å². The summed E-state index contributed by atoms with van der Waals surface area (Å²) in [6, 6.07) is 2.61. The minimum atomic E-state index is -0.0435. The lowest BCUT2D eigenvalue weighted by Crippen LogP contribution is -2.40. The van der Waals surface area contributed by atoms with E-state index in [1.165, 1.54) is 6.42 Å². The topological polar surface area (TPSA) is 43.8 Å². The molecule has 0 bridgehead atoms. The predicted octanol–water partition coefficient (Wildman–Crippen LogP) is 3.30. The molecule has 0 amide bonds. The van der Waals surface area contributed by atoms with Gasteiger partial charge in [0.25, 0.3) is 0 Å². The quantitative estimate of drug-likeness (QED) is 0.889. The van der Waals surface area contributed by atoms with Crippen LogP contribution in [0, 0.1) is 5.41 Å². The van der Waals surface area contributed by atoms with Crippen LogP contribution in [0.1, 0.15) is 65.1 Å². The lowest BCUT2D eigenvalue weighted by atomic mass is 9.86. The number of hydrogen-bond donors (Lipinski definition) is 1. The zero-order valence-electron chi connectivity index (χ0n) is 12.2. The molecule has 2 rings (SSSR count). The monoisotopic (exact) mass is 249 g/mol. The second-order valence-corrected chi connectivity index (χ2v) is 6.92. The lowest BCUT2D eigenvalue weighted by Gasteiger charge is -2.25. The molecule has 1 heterocycles. The standard InChI is InChI=1S/C15H27N3/c1-5-12(2)18-9-6-13(17-18)10-15(16)8-7-14(3,4)11-15/h6,9,12H,5,7-8,10-11,16H2,1-4H3. The lowest BCUT2D eigenvalue weighted by molar-refractivity contribution is 0.332. The largest absolute Gasteiger partial charge is 0.325 e. The second-order valence-electron chi connectivity index (χ2n) is 6.92. The van der Waals surface area contributed by atoms with Gasteiger partial charge in [-0.2, -0.15) is 5.10 Å². The van der Waals surface area contributed by atoms with E-state index in [1.54, 1.807) is 0 Å². The van der Waals surface area contributed by atoms with Crippen LogP contribution < -0.4 is 5.73 Å². The van der Waals surface area contributed by atoms with E-state index in [-0.39, 0.29) is 5.54 Å². The Hall–Kier alpha value is -0.830. The minimum Gasteiger partial charge on any atom is -0.325 e. The van der Waals surface area contributed by atoms with E-state index in [4.69, 9.17) is 5.73 Å². The Labute approximate surface area is 111 Å². The number of nitrogens with zero attached hydrogens (tertiary/aromatic N) is 2. The first kappa shape index (κ1) is 13.6. The highest BCUT2D eigenvalue weighted by atomic mass is 15.3. The maximum absolute atomic E-state index is 6.54. The Bertz CT molecular complexity index is 408. The Morgan fingerprint density at radius 1 is 1.44 bits per heavy atom. The van der Waals surface area contributed by atoms with Gasteiger partial charge in [-0.15, -0.1) is 0 Å². The van der Waals surface area contributed by atoms with E-state index in [2.05, 4.69) is 49.7 Å². The second kappa shape index (κ2) is 4.69.